The van der Waals surface area contributed by atoms with Gasteiger partial charge in [-0.1, -0.05) is 17.7 Å². The highest BCUT2D eigenvalue weighted by atomic mass is 35.5. The van der Waals surface area contributed by atoms with Crippen LogP contribution in [-0.2, 0) is 32.5 Å². The first-order valence-electron chi connectivity index (χ1n) is 13.5. The van der Waals surface area contributed by atoms with Gasteiger partial charge >= 0.3 is 17.7 Å². The molecule has 1 fully saturated rings. The maximum atomic E-state index is 13.4. The second kappa shape index (κ2) is 12.3. The molecule has 0 radical (unpaired) electrons. The highest BCUT2D eigenvalue weighted by Crippen LogP contribution is 2.44. The van der Waals surface area contributed by atoms with Gasteiger partial charge in [0.1, 0.15) is 11.3 Å². The second-order valence-corrected chi connectivity index (χ2v) is 12.2. The molecule has 1 aromatic heterocycles. The van der Waals surface area contributed by atoms with Gasteiger partial charge in [0.15, 0.2) is 0 Å². The summed E-state index contributed by atoms with van der Waals surface area (Å²) in [4.78, 5) is 49.8. The lowest BCUT2D eigenvalue weighted by Gasteiger charge is -2.41. The predicted octanol–water partition coefficient (Wildman–Crippen LogP) is 5.02. The Hall–Kier alpha value is -3.69. The number of amides is 1. The van der Waals surface area contributed by atoms with Gasteiger partial charge in [0.25, 0.3) is 0 Å². The number of fused-ring (bicyclic) bond motifs is 1. The first kappa shape index (κ1) is 31.3. The van der Waals surface area contributed by atoms with E-state index in [-0.39, 0.29) is 49.3 Å². The van der Waals surface area contributed by atoms with Crippen molar-refractivity contribution in [3.05, 3.63) is 55.4 Å². The summed E-state index contributed by atoms with van der Waals surface area (Å²) in [5, 5.41) is 22.3. The van der Waals surface area contributed by atoms with Crippen molar-refractivity contribution < 1.29 is 24.0 Å². The smallest absolute Gasteiger partial charge is 0.410 e. The lowest BCUT2D eigenvalue weighted by molar-refractivity contribution is -0.385. The highest BCUT2D eigenvalue weighted by molar-refractivity contribution is 6.30. The van der Waals surface area contributed by atoms with Crippen LogP contribution in [0.5, 0.6) is 0 Å². The molecule has 2 atom stereocenters. The summed E-state index contributed by atoms with van der Waals surface area (Å²) in [7, 11) is 1.28. The number of nitrogens with zero attached hydrogens (tertiary/aromatic N) is 6. The number of anilines is 1. The van der Waals surface area contributed by atoms with E-state index in [1.807, 2.05) is 0 Å². The maximum absolute atomic E-state index is 13.4. The number of hydrogen-bond acceptors (Lipinski definition) is 10. The zero-order valence-corrected chi connectivity index (χ0v) is 25.4. The Balaban J connectivity index is 1.76. The van der Waals surface area contributed by atoms with Crippen molar-refractivity contribution >= 4 is 46.8 Å². The molecule has 224 valence electrons. The van der Waals surface area contributed by atoms with E-state index in [1.54, 1.807) is 43.9 Å². The Morgan fingerprint density at radius 3 is 2.64 bits per heavy atom. The Bertz CT molecular complexity index is 1440. The summed E-state index contributed by atoms with van der Waals surface area (Å²) >= 11 is 12.6. The standard InChI is InChI=1S/C28H32Cl2N6O6/c1-27(2,3)42-26(38)35-13-12-34(16-19(35)9-11-31)23-22(36(39)40)21(32-25(30)33-23)15-28(24(37)41-4)10-5-6-17-14-18(29)7-8-20(17)28/h7-8,14,19H,5-6,9-10,12-13,15-16H2,1-4H3/t19-,28?/m0/s1. The minimum Gasteiger partial charge on any atom is -0.468 e. The van der Waals surface area contributed by atoms with E-state index in [0.29, 0.717) is 29.8 Å². The molecule has 0 N–H and O–H groups in total. The van der Waals surface area contributed by atoms with Crippen molar-refractivity contribution in [2.45, 2.75) is 69.9 Å². The van der Waals surface area contributed by atoms with Crippen LogP contribution in [0.2, 0.25) is 10.3 Å². The van der Waals surface area contributed by atoms with Crippen LogP contribution in [0.4, 0.5) is 16.3 Å². The summed E-state index contributed by atoms with van der Waals surface area (Å²) in [6.07, 6.45) is 0.939. The van der Waals surface area contributed by atoms with Gasteiger partial charge in [0, 0.05) is 31.1 Å². The van der Waals surface area contributed by atoms with Gasteiger partial charge in [-0.25, -0.2) is 9.78 Å². The van der Waals surface area contributed by atoms with E-state index in [4.69, 9.17) is 32.7 Å². The molecular formula is C28H32Cl2N6O6. The summed E-state index contributed by atoms with van der Waals surface area (Å²) in [5.74, 6) is -0.592. The van der Waals surface area contributed by atoms with Crippen LogP contribution in [0.15, 0.2) is 18.2 Å². The van der Waals surface area contributed by atoms with Gasteiger partial charge in [-0.3, -0.25) is 14.9 Å². The number of methoxy groups -OCH3 is 1. The Morgan fingerprint density at radius 2 is 2.00 bits per heavy atom. The summed E-state index contributed by atoms with van der Waals surface area (Å²) in [5.41, 5.74) is -0.876. The number of rotatable bonds is 6. The van der Waals surface area contributed by atoms with Crippen molar-refractivity contribution in [2.24, 2.45) is 0 Å². The van der Waals surface area contributed by atoms with E-state index in [9.17, 15) is 25.0 Å². The van der Waals surface area contributed by atoms with Crippen molar-refractivity contribution in [3.63, 3.8) is 0 Å². The van der Waals surface area contributed by atoms with Crippen LogP contribution in [0.1, 0.15) is 56.9 Å². The SMILES string of the molecule is COC(=O)C1(Cc2nc(Cl)nc(N3CCN(C(=O)OC(C)(C)C)[C@@H](CC#N)C3)c2[N+](=O)[O-])CCCc2cc(Cl)ccc21. The normalized spacial score (nSPS) is 20.4. The molecule has 2 aliphatic rings. The molecule has 1 aliphatic heterocycles. The molecule has 12 nitrogen and oxygen atoms in total. The number of benzene rings is 1. The number of carbonyl (C=O) groups is 2. The zero-order chi connectivity index (χ0) is 30.8. The molecular weight excluding hydrogens is 587 g/mol. The molecule has 4 rings (SSSR count). The number of nitriles is 1. The quantitative estimate of drug-likeness (QED) is 0.187. The molecule has 1 aliphatic carbocycles. The number of esters is 1. The third-order valence-electron chi connectivity index (χ3n) is 7.51. The fourth-order valence-electron chi connectivity index (χ4n) is 5.78. The van der Waals surface area contributed by atoms with Crippen LogP contribution < -0.4 is 4.90 Å². The summed E-state index contributed by atoms with van der Waals surface area (Å²) in [6.45, 7) is 5.61. The molecule has 1 unspecified atom stereocenters. The topological polar surface area (TPSA) is 152 Å². The highest BCUT2D eigenvalue weighted by Gasteiger charge is 2.47. The number of nitro groups is 1. The van der Waals surface area contributed by atoms with Crippen molar-refractivity contribution in [1.82, 2.24) is 14.9 Å². The van der Waals surface area contributed by atoms with Crippen molar-refractivity contribution in [2.75, 3.05) is 31.6 Å². The van der Waals surface area contributed by atoms with E-state index in [2.05, 4.69) is 16.0 Å². The third-order valence-corrected chi connectivity index (χ3v) is 7.91. The maximum Gasteiger partial charge on any atom is 0.410 e. The number of aryl methyl sites for hydroxylation is 1. The summed E-state index contributed by atoms with van der Waals surface area (Å²) in [6, 6.07) is 6.68. The number of piperazine rings is 1. The molecule has 1 amide bonds. The van der Waals surface area contributed by atoms with Gasteiger partial charge in [0.05, 0.1) is 36.0 Å². The monoisotopic (exact) mass is 618 g/mol. The molecule has 42 heavy (non-hydrogen) atoms. The summed E-state index contributed by atoms with van der Waals surface area (Å²) < 4.78 is 10.7. The molecule has 0 saturated carbocycles. The van der Waals surface area contributed by atoms with Crippen molar-refractivity contribution in [3.8, 4) is 6.07 Å². The number of ether oxygens (including phenoxy) is 2. The number of hydrogen-bond donors (Lipinski definition) is 0. The Morgan fingerprint density at radius 1 is 1.26 bits per heavy atom. The van der Waals surface area contributed by atoms with Gasteiger partial charge in [0.2, 0.25) is 11.1 Å². The Labute approximate surface area is 253 Å². The first-order valence-corrected chi connectivity index (χ1v) is 14.2. The molecule has 2 aromatic rings. The van der Waals surface area contributed by atoms with E-state index >= 15 is 0 Å². The second-order valence-electron chi connectivity index (χ2n) is 11.4. The lowest BCUT2D eigenvalue weighted by atomic mass is 9.67. The van der Waals surface area contributed by atoms with Crippen LogP contribution in [0.25, 0.3) is 0 Å². The lowest BCUT2D eigenvalue weighted by Crippen LogP contribution is -2.56. The predicted molar refractivity (Wildman–Crippen MR) is 155 cm³/mol. The van der Waals surface area contributed by atoms with Crippen molar-refractivity contribution in [1.29, 1.82) is 5.26 Å². The third kappa shape index (κ3) is 6.37. The molecule has 0 spiro atoms. The fraction of sp³-hybridized carbons (Fsp3) is 0.536. The first-order chi connectivity index (χ1) is 19.8. The van der Waals surface area contributed by atoms with Gasteiger partial charge in [-0.2, -0.15) is 10.2 Å². The number of carbonyl (C=O) groups excluding carboxylic acids is 2. The van der Waals surface area contributed by atoms with E-state index in [0.717, 1.165) is 5.56 Å². The minimum absolute atomic E-state index is 0.0189. The largest absolute Gasteiger partial charge is 0.468 e. The fourth-order valence-corrected chi connectivity index (χ4v) is 6.16. The molecule has 1 aromatic carbocycles. The average Bonchev–Trinajstić information content (AvgIpc) is 2.91. The van der Waals surface area contributed by atoms with Crippen LogP contribution in [0.3, 0.4) is 0 Å². The van der Waals surface area contributed by atoms with Gasteiger partial charge in [-0.15, -0.1) is 0 Å². The van der Waals surface area contributed by atoms with Crippen LogP contribution in [-0.4, -0.2) is 70.2 Å². The molecule has 2 heterocycles. The van der Waals surface area contributed by atoms with Crippen LogP contribution in [0, 0.1) is 21.4 Å². The number of halogens is 2. The number of aromatic nitrogens is 2. The van der Waals surface area contributed by atoms with Gasteiger partial charge in [-0.05, 0) is 74.9 Å². The minimum atomic E-state index is -1.26. The van der Waals surface area contributed by atoms with Crippen LogP contribution >= 0.6 is 23.2 Å². The molecule has 0 bridgehead atoms. The zero-order valence-electron chi connectivity index (χ0n) is 23.9. The van der Waals surface area contributed by atoms with E-state index in [1.165, 1.54) is 12.0 Å². The average molecular weight is 620 g/mol. The van der Waals surface area contributed by atoms with E-state index < -0.39 is 39.7 Å². The Kier molecular flexibility index (Phi) is 9.13. The molecule has 1 saturated heterocycles. The molecule has 14 heteroatoms. The van der Waals surface area contributed by atoms with Gasteiger partial charge < -0.3 is 19.3 Å².